The first kappa shape index (κ1) is 23.5. The van der Waals surface area contributed by atoms with Gasteiger partial charge < -0.3 is 15.2 Å². The quantitative estimate of drug-likeness (QED) is 0.353. The predicted octanol–water partition coefficient (Wildman–Crippen LogP) is 5.49. The van der Waals surface area contributed by atoms with Gasteiger partial charge in [0.05, 0.1) is 13.2 Å². The first-order chi connectivity index (χ1) is 13.3. The summed E-state index contributed by atoms with van der Waals surface area (Å²) in [5.74, 6) is 0.633. The Hall–Kier alpha value is -1.55. The van der Waals surface area contributed by atoms with Gasteiger partial charge in [0.2, 0.25) is 0 Å². The van der Waals surface area contributed by atoms with Gasteiger partial charge in [-0.2, -0.15) is 0 Å². The van der Waals surface area contributed by atoms with E-state index in [4.69, 9.17) is 9.84 Å². The normalized spacial score (nSPS) is 10.7. The second-order valence-corrected chi connectivity index (χ2v) is 7.24. The number of amides is 1. The Kier molecular flexibility index (Phi) is 14.5. The average Bonchev–Trinajstić information content (AvgIpc) is 2.70. The molecule has 0 heterocycles. The number of hydrogen-bond donors (Lipinski definition) is 2. The van der Waals surface area contributed by atoms with Gasteiger partial charge in [0.15, 0.2) is 0 Å². The fraction of sp³-hybridized carbons (Fsp3) is 0.696. The van der Waals surface area contributed by atoms with Crippen LogP contribution in [0.25, 0.3) is 0 Å². The van der Waals surface area contributed by atoms with Gasteiger partial charge in [-0.15, -0.1) is 0 Å². The Balaban J connectivity index is 1.95. The van der Waals surface area contributed by atoms with Gasteiger partial charge in [-0.05, 0) is 30.7 Å². The molecular formula is C23H39NO3. The van der Waals surface area contributed by atoms with Gasteiger partial charge in [0.1, 0.15) is 5.75 Å². The van der Waals surface area contributed by atoms with Crippen LogP contribution in [0.15, 0.2) is 24.3 Å². The Bertz CT molecular complexity index is 473. The number of benzene rings is 1. The zero-order valence-corrected chi connectivity index (χ0v) is 17.2. The maximum absolute atomic E-state index is 11.7. The van der Waals surface area contributed by atoms with Crippen molar-refractivity contribution in [3.63, 3.8) is 0 Å². The zero-order valence-electron chi connectivity index (χ0n) is 17.2. The summed E-state index contributed by atoms with van der Waals surface area (Å²) in [4.78, 5) is 11.7. The summed E-state index contributed by atoms with van der Waals surface area (Å²) in [5, 5.41) is 11.4. The molecule has 4 heteroatoms. The molecule has 154 valence electrons. The average molecular weight is 378 g/mol. The minimum absolute atomic E-state index is 0.0496. The van der Waals surface area contributed by atoms with Gasteiger partial charge in [0.25, 0.3) is 5.91 Å². The molecule has 27 heavy (non-hydrogen) atoms. The highest BCUT2D eigenvalue weighted by Gasteiger charge is 2.04. The molecule has 1 aromatic carbocycles. The van der Waals surface area contributed by atoms with E-state index in [1.165, 1.54) is 70.6 Å². The predicted molar refractivity (Wildman–Crippen MR) is 112 cm³/mol. The SMILES string of the molecule is CCCCCCCCCCCCCCOc1ccc(C(=O)NCCO)cc1. The van der Waals surface area contributed by atoms with Gasteiger partial charge >= 0.3 is 0 Å². The van der Waals surface area contributed by atoms with Gasteiger partial charge in [-0.25, -0.2) is 0 Å². The molecule has 2 N–H and O–H groups in total. The van der Waals surface area contributed by atoms with Crippen LogP contribution in [0.1, 0.15) is 94.3 Å². The molecule has 0 atom stereocenters. The van der Waals surface area contributed by atoms with Crippen molar-refractivity contribution in [3.8, 4) is 5.75 Å². The number of nitrogens with one attached hydrogen (secondary N) is 1. The highest BCUT2D eigenvalue weighted by atomic mass is 16.5. The second kappa shape index (κ2) is 16.6. The van der Waals surface area contributed by atoms with Crippen molar-refractivity contribution < 1.29 is 14.6 Å². The monoisotopic (exact) mass is 377 g/mol. The van der Waals surface area contributed by atoms with Crippen molar-refractivity contribution in [2.24, 2.45) is 0 Å². The van der Waals surface area contributed by atoms with Crippen LogP contribution in [0.3, 0.4) is 0 Å². The molecule has 0 saturated heterocycles. The van der Waals surface area contributed by atoms with Crippen LogP contribution < -0.4 is 10.1 Å². The number of ether oxygens (including phenoxy) is 1. The van der Waals surface area contributed by atoms with Gasteiger partial charge in [0, 0.05) is 12.1 Å². The van der Waals surface area contributed by atoms with E-state index >= 15 is 0 Å². The van der Waals surface area contributed by atoms with Crippen LogP contribution in [0.2, 0.25) is 0 Å². The molecule has 0 radical (unpaired) electrons. The van der Waals surface area contributed by atoms with E-state index in [-0.39, 0.29) is 19.1 Å². The molecule has 0 aliphatic rings. The van der Waals surface area contributed by atoms with E-state index in [2.05, 4.69) is 12.2 Å². The zero-order chi connectivity index (χ0) is 19.6. The summed E-state index contributed by atoms with van der Waals surface area (Å²) in [6.07, 6.45) is 16.1. The summed E-state index contributed by atoms with van der Waals surface area (Å²) in [6.45, 7) is 3.22. The molecule has 0 spiro atoms. The number of aliphatic hydroxyl groups excluding tert-OH is 1. The Morgan fingerprint density at radius 3 is 1.89 bits per heavy atom. The fourth-order valence-electron chi connectivity index (χ4n) is 3.11. The second-order valence-electron chi connectivity index (χ2n) is 7.24. The van der Waals surface area contributed by atoms with Crippen molar-refractivity contribution in [1.29, 1.82) is 0 Å². The third-order valence-corrected chi connectivity index (χ3v) is 4.78. The number of rotatable bonds is 17. The summed E-state index contributed by atoms with van der Waals surface area (Å²) >= 11 is 0. The third-order valence-electron chi connectivity index (χ3n) is 4.78. The van der Waals surface area contributed by atoms with E-state index in [9.17, 15) is 4.79 Å². The summed E-state index contributed by atoms with van der Waals surface area (Å²) in [6, 6.07) is 7.16. The molecule has 1 rings (SSSR count). The van der Waals surface area contributed by atoms with Crippen molar-refractivity contribution in [2.75, 3.05) is 19.8 Å². The topological polar surface area (TPSA) is 58.6 Å². The standard InChI is InChI=1S/C23H39NO3/c1-2-3-4-5-6-7-8-9-10-11-12-13-20-27-22-16-14-21(15-17-22)23(26)24-18-19-25/h14-17,25H,2-13,18-20H2,1H3,(H,24,26). The van der Waals surface area contributed by atoms with E-state index in [1.54, 1.807) is 12.1 Å². The molecule has 0 bridgehead atoms. The molecule has 4 nitrogen and oxygen atoms in total. The molecule has 0 aliphatic heterocycles. The van der Waals surface area contributed by atoms with Crippen LogP contribution in [0.4, 0.5) is 0 Å². The lowest BCUT2D eigenvalue weighted by Gasteiger charge is -2.08. The van der Waals surface area contributed by atoms with Gasteiger partial charge in [-0.3, -0.25) is 4.79 Å². The summed E-state index contributed by atoms with van der Waals surface area (Å²) < 4.78 is 5.74. The third kappa shape index (κ3) is 12.5. The lowest BCUT2D eigenvalue weighted by atomic mass is 10.1. The molecule has 0 aromatic heterocycles. The molecule has 0 unspecified atom stereocenters. The lowest BCUT2D eigenvalue weighted by Crippen LogP contribution is -2.26. The van der Waals surface area contributed by atoms with Crippen molar-refractivity contribution in [1.82, 2.24) is 5.32 Å². The highest BCUT2D eigenvalue weighted by molar-refractivity contribution is 5.94. The number of aliphatic hydroxyl groups is 1. The van der Waals surface area contributed by atoms with E-state index in [0.29, 0.717) is 5.56 Å². The summed E-state index contributed by atoms with van der Waals surface area (Å²) in [7, 11) is 0. The van der Waals surface area contributed by atoms with E-state index < -0.39 is 0 Å². The van der Waals surface area contributed by atoms with Crippen LogP contribution in [0, 0.1) is 0 Å². The number of hydrogen-bond acceptors (Lipinski definition) is 3. The molecule has 1 amide bonds. The minimum Gasteiger partial charge on any atom is -0.494 e. The number of carbonyl (C=O) groups is 1. The summed E-state index contributed by atoms with van der Waals surface area (Å²) in [5.41, 5.74) is 0.584. The maximum atomic E-state index is 11.7. The van der Waals surface area contributed by atoms with Crippen LogP contribution in [-0.2, 0) is 0 Å². The molecule has 0 fully saturated rings. The van der Waals surface area contributed by atoms with Crippen molar-refractivity contribution in [3.05, 3.63) is 29.8 Å². The van der Waals surface area contributed by atoms with E-state index in [0.717, 1.165) is 18.8 Å². The molecule has 1 aromatic rings. The maximum Gasteiger partial charge on any atom is 0.251 e. The smallest absolute Gasteiger partial charge is 0.251 e. The lowest BCUT2D eigenvalue weighted by molar-refractivity contribution is 0.0944. The van der Waals surface area contributed by atoms with Crippen LogP contribution in [-0.4, -0.2) is 30.8 Å². The van der Waals surface area contributed by atoms with E-state index in [1.807, 2.05) is 12.1 Å². The molecule has 0 saturated carbocycles. The Labute approximate surface area is 165 Å². The molecular weight excluding hydrogens is 338 g/mol. The fourth-order valence-corrected chi connectivity index (χ4v) is 3.11. The van der Waals surface area contributed by atoms with Crippen molar-refractivity contribution in [2.45, 2.75) is 84.0 Å². The number of unbranched alkanes of at least 4 members (excludes halogenated alkanes) is 11. The Morgan fingerprint density at radius 2 is 1.37 bits per heavy atom. The van der Waals surface area contributed by atoms with Crippen LogP contribution >= 0.6 is 0 Å². The first-order valence-electron chi connectivity index (χ1n) is 10.9. The molecule has 0 aliphatic carbocycles. The highest BCUT2D eigenvalue weighted by Crippen LogP contribution is 2.14. The minimum atomic E-state index is -0.170. The van der Waals surface area contributed by atoms with Crippen LogP contribution in [0.5, 0.6) is 5.75 Å². The largest absolute Gasteiger partial charge is 0.494 e. The first-order valence-corrected chi connectivity index (χ1v) is 10.9. The Morgan fingerprint density at radius 1 is 0.852 bits per heavy atom. The van der Waals surface area contributed by atoms with Crippen molar-refractivity contribution >= 4 is 5.91 Å². The van der Waals surface area contributed by atoms with Gasteiger partial charge in [-0.1, -0.05) is 77.6 Å². The number of carbonyl (C=O) groups excluding carboxylic acids is 1.